The summed E-state index contributed by atoms with van der Waals surface area (Å²) in [6, 6.07) is 15.8. The summed E-state index contributed by atoms with van der Waals surface area (Å²) in [4.78, 5) is 0. The lowest BCUT2D eigenvalue weighted by atomic mass is 10.0. The summed E-state index contributed by atoms with van der Waals surface area (Å²) >= 11 is 0. The van der Waals surface area contributed by atoms with E-state index in [0.29, 0.717) is 18.1 Å². The van der Waals surface area contributed by atoms with Gasteiger partial charge in [0.25, 0.3) is 0 Å². The van der Waals surface area contributed by atoms with Crippen molar-refractivity contribution >= 4 is 0 Å². The van der Waals surface area contributed by atoms with E-state index in [1.807, 2.05) is 55.5 Å². The van der Waals surface area contributed by atoms with Crippen molar-refractivity contribution in [2.24, 2.45) is 0 Å². The van der Waals surface area contributed by atoms with Gasteiger partial charge in [0.1, 0.15) is 6.61 Å². The predicted octanol–water partition coefficient (Wildman–Crippen LogP) is 3.37. The molecule has 3 heteroatoms. The van der Waals surface area contributed by atoms with Crippen LogP contribution in [0.5, 0.6) is 11.5 Å². The van der Waals surface area contributed by atoms with Gasteiger partial charge in [-0.15, -0.1) is 0 Å². The van der Waals surface area contributed by atoms with E-state index in [4.69, 9.17) is 9.47 Å². The standard InChI is InChI=1S/C17H20O3/c1-13(11-18)15-9-6-10-16(17(15)19-2)20-12-14-7-4-3-5-8-14/h3-10,13,18H,11-12H2,1-2H3. The molecule has 0 spiro atoms. The van der Waals surface area contributed by atoms with Crippen LogP contribution in [-0.2, 0) is 6.61 Å². The van der Waals surface area contributed by atoms with Gasteiger partial charge in [0.05, 0.1) is 7.11 Å². The first kappa shape index (κ1) is 14.4. The summed E-state index contributed by atoms with van der Waals surface area (Å²) in [6.07, 6.45) is 0. The van der Waals surface area contributed by atoms with E-state index < -0.39 is 0 Å². The van der Waals surface area contributed by atoms with Gasteiger partial charge in [0.15, 0.2) is 11.5 Å². The number of hydrogen-bond donors (Lipinski definition) is 1. The molecule has 0 saturated heterocycles. The molecule has 1 unspecified atom stereocenters. The van der Waals surface area contributed by atoms with Crippen LogP contribution >= 0.6 is 0 Å². The Hall–Kier alpha value is -2.00. The van der Waals surface area contributed by atoms with Gasteiger partial charge in [0, 0.05) is 18.1 Å². The molecule has 0 aromatic heterocycles. The van der Waals surface area contributed by atoms with Crippen molar-refractivity contribution in [2.75, 3.05) is 13.7 Å². The van der Waals surface area contributed by atoms with Gasteiger partial charge in [-0.1, -0.05) is 49.4 Å². The number of rotatable bonds is 6. The molecule has 0 heterocycles. The first-order chi connectivity index (χ1) is 9.76. The number of benzene rings is 2. The molecule has 2 rings (SSSR count). The highest BCUT2D eigenvalue weighted by Gasteiger charge is 2.15. The van der Waals surface area contributed by atoms with Crippen LogP contribution in [0.3, 0.4) is 0 Å². The van der Waals surface area contributed by atoms with E-state index in [0.717, 1.165) is 11.1 Å². The van der Waals surface area contributed by atoms with Crippen molar-refractivity contribution < 1.29 is 14.6 Å². The molecular weight excluding hydrogens is 252 g/mol. The highest BCUT2D eigenvalue weighted by Crippen LogP contribution is 2.35. The van der Waals surface area contributed by atoms with Gasteiger partial charge >= 0.3 is 0 Å². The Morgan fingerprint density at radius 3 is 2.45 bits per heavy atom. The number of hydrogen-bond acceptors (Lipinski definition) is 3. The zero-order valence-corrected chi connectivity index (χ0v) is 11.9. The van der Waals surface area contributed by atoms with Crippen LogP contribution < -0.4 is 9.47 Å². The predicted molar refractivity (Wildman–Crippen MR) is 79.3 cm³/mol. The first-order valence-corrected chi connectivity index (χ1v) is 6.70. The molecule has 0 bridgehead atoms. The maximum Gasteiger partial charge on any atom is 0.164 e. The third-order valence-electron chi connectivity index (χ3n) is 3.26. The molecule has 1 N–H and O–H groups in total. The van der Waals surface area contributed by atoms with Gasteiger partial charge in [-0.05, 0) is 11.6 Å². The van der Waals surface area contributed by atoms with Crippen LogP contribution in [0.25, 0.3) is 0 Å². The fraction of sp³-hybridized carbons (Fsp3) is 0.294. The Labute approximate surface area is 119 Å². The Bertz CT molecular complexity index is 537. The molecule has 2 aromatic carbocycles. The second kappa shape index (κ2) is 6.96. The maximum atomic E-state index is 9.31. The molecule has 0 amide bonds. The Morgan fingerprint density at radius 1 is 1.05 bits per heavy atom. The lowest BCUT2D eigenvalue weighted by Gasteiger charge is -2.17. The third kappa shape index (κ3) is 3.31. The van der Waals surface area contributed by atoms with E-state index in [1.54, 1.807) is 7.11 Å². The molecule has 106 valence electrons. The van der Waals surface area contributed by atoms with Crippen molar-refractivity contribution in [3.05, 3.63) is 59.7 Å². The smallest absolute Gasteiger partial charge is 0.164 e. The summed E-state index contributed by atoms with van der Waals surface area (Å²) in [5, 5.41) is 9.31. The van der Waals surface area contributed by atoms with E-state index in [2.05, 4.69) is 0 Å². The lowest BCUT2D eigenvalue weighted by Crippen LogP contribution is -2.04. The zero-order valence-electron chi connectivity index (χ0n) is 11.9. The first-order valence-electron chi connectivity index (χ1n) is 6.70. The number of methoxy groups -OCH3 is 1. The number of aliphatic hydroxyl groups excluding tert-OH is 1. The Kier molecular flexibility index (Phi) is 5.02. The number of para-hydroxylation sites is 1. The van der Waals surface area contributed by atoms with E-state index in [-0.39, 0.29) is 12.5 Å². The Morgan fingerprint density at radius 2 is 1.80 bits per heavy atom. The van der Waals surface area contributed by atoms with E-state index >= 15 is 0 Å². The van der Waals surface area contributed by atoms with Crippen molar-refractivity contribution in [1.29, 1.82) is 0 Å². The summed E-state index contributed by atoms with van der Waals surface area (Å²) in [7, 11) is 1.62. The molecule has 20 heavy (non-hydrogen) atoms. The molecule has 2 aromatic rings. The SMILES string of the molecule is COc1c(OCc2ccccc2)cccc1C(C)CO. The molecule has 0 aliphatic heterocycles. The average molecular weight is 272 g/mol. The number of ether oxygens (including phenoxy) is 2. The second-order valence-corrected chi connectivity index (χ2v) is 4.74. The molecule has 0 radical (unpaired) electrons. The monoisotopic (exact) mass is 272 g/mol. The maximum absolute atomic E-state index is 9.31. The van der Waals surface area contributed by atoms with Gasteiger partial charge in [-0.25, -0.2) is 0 Å². The molecular formula is C17H20O3. The Balaban J connectivity index is 2.19. The van der Waals surface area contributed by atoms with Crippen LogP contribution in [0, 0.1) is 0 Å². The minimum Gasteiger partial charge on any atom is -0.493 e. The van der Waals surface area contributed by atoms with Gasteiger partial charge in [-0.2, -0.15) is 0 Å². The highest BCUT2D eigenvalue weighted by molar-refractivity contribution is 5.48. The van der Waals surface area contributed by atoms with Gasteiger partial charge in [0.2, 0.25) is 0 Å². The van der Waals surface area contributed by atoms with Crippen molar-refractivity contribution in [3.8, 4) is 11.5 Å². The van der Waals surface area contributed by atoms with E-state index in [1.165, 1.54) is 0 Å². The van der Waals surface area contributed by atoms with Crippen molar-refractivity contribution in [1.82, 2.24) is 0 Å². The highest BCUT2D eigenvalue weighted by atomic mass is 16.5. The topological polar surface area (TPSA) is 38.7 Å². The van der Waals surface area contributed by atoms with Crippen LogP contribution in [0.15, 0.2) is 48.5 Å². The molecule has 0 aliphatic carbocycles. The van der Waals surface area contributed by atoms with Crippen LogP contribution in [0.4, 0.5) is 0 Å². The molecule has 0 fully saturated rings. The molecule has 1 atom stereocenters. The summed E-state index contributed by atoms with van der Waals surface area (Å²) in [5.74, 6) is 1.42. The fourth-order valence-corrected chi connectivity index (χ4v) is 2.09. The molecule has 0 aliphatic rings. The van der Waals surface area contributed by atoms with Gasteiger partial charge < -0.3 is 14.6 Å². The third-order valence-corrected chi connectivity index (χ3v) is 3.26. The molecule has 3 nitrogen and oxygen atoms in total. The van der Waals surface area contributed by atoms with Crippen molar-refractivity contribution in [3.63, 3.8) is 0 Å². The second-order valence-electron chi connectivity index (χ2n) is 4.74. The minimum atomic E-state index is 0.0187. The summed E-state index contributed by atoms with van der Waals surface area (Å²) < 4.78 is 11.3. The molecule has 0 saturated carbocycles. The largest absolute Gasteiger partial charge is 0.493 e. The summed E-state index contributed by atoms with van der Waals surface area (Å²) in [6.45, 7) is 2.53. The lowest BCUT2D eigenvalue weighted by molar-refractivity contribution is 0.262. The van der Waals surface area contributed by atoms with Crippen LogP contribution in [-0.4, -0.2) is 18.8 Å². The van der Waals surface area contributed by atoms with Crippen LogP contribution in [0.1, 0.15) is 24.0 Å². The van der Waals surface area contributed by atoms with E-state index in [9.17, 15) is 5.11 Å². The van der Waals surface area contributed by atoms with Crippen LogP contribution in [0.2, 0.25) is 0 Å². The minimum absolute atomic E-state index is 0.0187. The van der Waals surface area contributed by atoms with Crippen molar-refractivity contribution in [2.45, 2.75) is 19.4 Å². The quantitative estimate of drug-likeness (QED) is 0.876. The average Bonchev–Trinajstić information content (AvgIpc) is 2.52. The normalized spacial score (nSPS) is 11.9. The summed E-state index contributed by atoms with van der Waals surface area (Å²) in [5.41, 5.74) is 2.07. The fourth-order valence-electron chi connectivity index (χ4n) is 2.09. The number of aliphatic hydroxyl groups is 1. The van der Waals surface area contributed by atoms with Gasteiger partial charge in [-0.3, -0.25) is 0 Å². The zero-order chi connectivity index (χ0) is 14.4.